The van der Waals surface area contributed by atoms with E-state index in [1.54, 1.807) is 6.92 Å². The summed E-state index contributed by atoms with van der Waals surface area (Å²) in [4.78, 5) is 11.0. The quantitative estimate of drug-likeness (QED) is 0.561. The Morgan fingerprint density at radius 2 is 2.00 bits per heavy atom. The van der Waals surface area contributed by atoms with Crippen LogP contribution in [-0.2, 0) is 9.53 Å². The number of ether oxygens (including phenoxy) is 1. The molecular formula is C13H24O3. The lowest BCUT2D eigenvalue weighted by molar-refractivity contribution is -0.148. The molecule has 0 aliphatic heterocycles. The average Bonchev–Trinajstić information content (AvgIpc) is 2.22. The van der Waals surface area contributed by atoms with Gasteiger partial charge in [0.2, 0.25) is 0 Å². The van der Waals surface area contributed by atoms with Gasteiger partial charge in [0.05, 0.1) is 6.10 Å². The Morgan fingerprint density at radius 1 is 1.44 bits per heavy atom. The zero-order valence-electron chi connectivity index (χ0n) is 11.0. The molecule has 0 aliphatic carbocycles. The van der Waals surface area contributed by atoms with E-state index in [2.05, 4.69) is 6.08 Å². The molecule has 0 aromatic heterocycles. The number of hydrogen-bond donors (Lipinski definition) is 1. The minimum absolute atomic E-state index is 0.0796. The van der Waals surface area contributed by atoms with Gasteiger partial charge in [0.15, 0.2) is 0 Å². The highest BCUT2D eigenvalue weighted by atomic mass is 16.5. The van der Waals surface area contributed by atoms with Crippen molar-refractivity contribution in [1.29, 1.82) is 0 Å². The molecule has 0 radical (unpaired) electrons. The van der Waals surface area contributed by atoms with Gasteiger partial charge in [-0.25, -0.2) is 0 Å². The topological polar surface area (TPSA) is 46.5 Å². The zero-order valence-corrected chi connectivity index (χ0v) is 11.0. The predicted molar refractivity (Wildman–Crippen MR) is 65.1 cm³/mol. The van der Waals surface area contributed by atoms with E-state index in [1.165, 1.54) is 5.57 Å². The maximum atomic E-state index is 11.0. The van der Waals surface area contributed by atoms with Gasteiger partial charge in [-0.3, -0.25) is 4.79 Å². The normalized spacial score (nSPS) is 13.1. The third-order valence-electron chi connectivity index (χ3n) is 2.63. The molecule has 94 valence electrons. The van der Waals surface area contributed by atoms with Gasteiger partial charge in [0.1, 0.15) is 6.61 Å². The lowest BCUT2D eigenvalue weighted by Crippen LogP contribution is -2.33. The molecule has 0 aromatic rings. The van der Waals surface area contributed by atoms with Crippen LogP contribution in [0.25, 0.3) is 0 Å². The second kappa shape index (κ2) is 6.69. The molecule has 1 unspecified atom stereocenters. The predicted octanol–water partition coefficient (Wildman–Crippen LogP) is 2.68. The summed E-state index contributed by atoms with van der Waals surface area (Å²) in [6, 6.07) is 0. The number of aliphatic hydroxyl groups is 1. The van der Waals surface area contributed by atoms with Crippen molar-refractivity contribution in [2.75, 3.05) is 6.61 Å². The van der Waals surface area contributed by atoms with Crippen molar-refractivity contribution >= 4 is 5.97 Å². The highest BCUT2D eigenvalue weighted by Gasteiger charge is 2.27. The number of esters is 1. The minimum Gasteiger partial charge on any atom is -0.463 e. The molecule has 0 fully saturated rings. The van der Waals surface area contributed by atoms with Crippen molar-refractivity contribution in [3.05, 3.63) is 11.6 Å². The number of rotatable bonds is 6. The maximum absolute atomic E-state index is 11.0. The van der Waals surface area contributed by atoms with Crippen molar-refractivity contribution < 1.29 is 14.6 Å². The molecule has 0 amide bonds. The average molecular weight is 228 g/mol. The van der Waals surface area contributed by atoms with E-state index < -0.39 is 6.10 Å². The summed E-state index contributed by atoms with van der Waals surface area (Å²) < 4.78 is 4.94. The van der Waals surface area contributed by atoms with E-state index in [4.69, 9.17) is 4.74 Å². The Bertz CT molecular complexity index is 250. The van der Waals surface area contributed by atoms with Gasteiger partial charge in [-0.1, -0.05) is 32.4 Å². The molecule has 0 saturated heterocycles. The molecule has 1 atom stereocenters. The van der Waals surface area contributed by atoms with Crippen LogP contribution >= 0.6 is 0 Å². The van der Waals surface area contributed by atoms with E-state index in [-0.39, 0.29) is 18.0 Å². The van der Waals surface area contributed by atoms with Crippen molar-refractivity contribution in [3.8, 4) is 0 Å². The first-order valence-electron chi connectivity index (χ1n) is 5.76. The van der Waals surface area contributed by atoms with Gasteiger partial charge >= 0.3 is 5.97 Å². The standard InChI is InChI=1S/C13H24O3/c1-6-12(15)16-9-11(14)13(4,5)8-7-10(2)3/h7,11,14H,6,8-9H2,1-5H3. The molecule has 0 aromatic carbocycles. The van der Waals surface area contributed by atoms with Crippen LogP contribution in [0.5, 0.6) is 0 Å². The number of aliphatic hydroxyl groups excluding tert-OH is 1. The second-order valence-corrected chi connectivity index (χ2v) is 5.03. The van der Waals surface area contributed by atoms with Gasteiger partial charge in [-0.05, 0) is 25.7 Å². The Kier molecular flexibility index (Phi) is 6.34. The van der Waals surface area contributed by atoms with Crippen molar-refractivity contribution in [1.82, 2.24) is 0 Å². The van der Waals surface area contributed by atoms with E-state index >= 15 is 0 Å². The van der Waals surface area contributed by atoms with Crippen LogP contribution in [-0.4, -0.2) is 23.8 Å². The minimum atomic E-state index is -0.626. The Hall–Kier alpha value is -0.830. The lowest BCUT2D eigenvalue weighted by Gasteiger charge is -2.29. The summed E-state index contributed by atoms with van der Waals surface area (Å²) in [6.07, 6.45) is 2.59. The van der Waals surface area contributed by atoms with Gasteiger partial charge < -0.3 is 9.84 Å². The number of hydrogen-bond acceptors (Lipinski definition) is 3. The second-order valence-electron chi connectivity index (χ2n) is 5.03. The summed E-state index contributed by atoms with van der Waals surface area (Å²) in [5, 5.41) is 9.93. The van der Waals surface area contributed by atoms with Crippen LogP contribution in [0.4, 0.5) is 0 Å². The Labute approximate surface area is 98.5 Å². The molecule has 0 aliphatic rings. The zero-order chi connectivity index (χ0) is 12.8. The molecule has 0 bridgehead atoms. The van der Waals surface area contributed by atoms with Crippen LogP contribution in [0.3, 0.4) is 0 Å². The molecule has 0 spiro atoms. The fraction of sp³-hybridized carbons (Fsp3) is 0.769. The Balaban J connectivity index is 4.18. The monoisotopic (exact) mass is 228 g/mol. The molecule has 1 N–H and O–H groups in total. The fourth-order valence-corrected chi connectivity index (χ4v) is 1.10. The smallest absolute Gasteiger partial charge is 0.305 e. The maximum Gasteiger partial charge on any atom is 0.305 e. The van der Waals surface area contributed by atoms with Crippen LogP contribution in [0.15, 0.2) is 11.6 Å². The van der Waals surface area contributed by atoms with Crippen molar-refractivity contribution in [3.63, 3.8) is 0 Å². The van der Waals surface area contributed by atoms with Crippen molar-refractivity contribution in [2.45, 2.75) is 53.6 Å². The van der Waals surface area contributed by atoms with Crippen LogP contribution in [0.2, 0.25) is 0 Å². The fourth-order valence-electron chi connectivity index (χ4n) is 1.10. The summed E-state index contributed by atoms with van der Waals surface area (Å²) in [6.45, 7) is 9.81. The van der Waals surface area contributed by atoms with Gasteiger partial charge in [0, 0.05) is 6.42 Å². The molecule has 16 heavy (non-hydrogen) atoms. The van der Waals surface area contributed by atoms with E-state index in [0.29, 0.717) is 6.42 Å². The highest BCUT2D eigenvalue weighted by molar-refractivity contribution is 5.68. The van der Waals surface area contributed by atoms with E-state index in [0.717, 1.165) is 6.42 Å². The number of carbonyl (C=O) groups excluding carboxylic acids is 1. The van der Waals surface area contributed by atoms with Gasteiger partial charge in [0.25, 0.3) is 0 Å². The van der Waals surface area contributed by atoms with Crippen LogP contribution in [0.1, 0.15) is 47.5 Å². The summed E-state index contributed by atoms with van der Waals surface area (Å²) in [7, 11) is 0. The van der Waals surface area contributed by atoms with Crippen LogP contribution in [0, 0.1) is 5.41 Å². The first kappa shape index (κ1) is 15.2. The van der Waals surface area contributed by atoms with Gasteiger partial charge in [-0.2, -0.15) is 0 Å². The molecule has 0 rings (SSSR count). The SMILES string of the molecule is CCC(=O)OCC(O)C(C)(C)CC=C(C)C. The molecule has 0 heterocycles. The molecular weight excluding hydrogens is 204 g/mol. The lowest BCUT2D eigenvalue weighted by atomic mass is 9.83. The molecule has 3 heteroatoms. The number of allylic oxidation sites excluding steroid dienone is 2. The summed E-state index contributed by atoms with van der Waals surface area (Å²) in [5.74, 6) is -0.267. The first-order valence-corrected chi connectivity index (χ1v) is 5.76. The van der Waals surface area contributed by atoms with Crippen LogP contribution < -0.4 is 0 Å². The third-order valence-corrected chi connectivity index (χ3v) is 2.63. The van der Waals surface area contributed by atoms with E-state index in [9.17, 15) is 9.90 Å². The highest BCUT2D eigenvalue weighted by Crippen LogP contribution is 2.26. The largest absolute Gasteiger partial charge is 0.463 e. The summed E-state index contributed by atoms with van der Waals surface area (Å²) in [5.41, 5.74) is 0.955. The van der Waals surface area contributed by atoms with Gasteiger partial charge in [-0.15, -0.1) is 0 Å². The van der Waals surface area contributed by atoms with Crippen molar-refractivity contribution in [2.24, 2.45) is 5.41 Å². The Morgan fingerprint density at radius 3 is 2.44 bits per heavy atom. The molecule has 0 saturated carbocycles. The molecule has 3 nitrogen and oxygen atoms in total. The van der Waals surface area contributed by atoms with E-state index in [1.807, 2.05) is 27.7 Å². The third kappa shape index (κ3) is 5.91. The number of carbonyl (C=O) groups is 1. The summed E-state index contributed by atoms with van der Waals surface area (Å²) >= 11 is 0. The first-order chi connectivity index (χ1) is 7.29.